The first kappa shape index (κ1) is 11.4. The van der Waals surface area contributed by atoms with Crippen LogP contribution < -0.4 is 5.73 Å². The average molecular weight is 186 g/mol. The highest BCUT2D eigenvalue weighted by atomic mass is 16.4. The maximum Gasteiger partial charge on any atom is 0.387 e. The van der Waals surface area contributed by atoms with Crippen molar-refractivity contribution in [2.45, 2.75) is 25.3 Å². The lowest BCUT2D eigenvalue weighted by Gasteiger charge is -2.03. The van der Waals surface area contributed by atoms with E-state index < -0.39 is 12.0 Å². The number of allylic oxidation sites excluding steroid dienone is 1. The summed E-state index contributed by atoms with van der Waals surface area (Å²) in [6, 6.07) is -0.904. The molecular formula is C7H12N3O3+. The number of aliphatic carboxylic acids is 1. The molecule has 0 saturated carbocycles. The van der Waals surface area contributed by atoms with Gasteiger partial charge in [-0.05, 0) is 12.8 Å². The minimum absolute atomic E-state index is 0.0971. The zero-order valence-corrected chi connectivity index (χ0v) is 7.05. The first-order valence-corrected chi connectivity index (χ1v) is 3.78. The number of hydrogen-bond donors (Lipinski definition) is 3. The molecule has 0 aromatic carbocycles. The van der Waals surface area contributed by atoms with Crippen molar-refractivity contribution in [3.63, 3.8) is 0 Å². The van der Waals surface area contributed by atoms with Gasteiger partial charge in [-0.3, -0.25) is 4.79 Å². The number of carbonyl (C=O) groups is 1. The van der Waals surface area contributed by atoms with Crippen molar-refractivity contribution in [1.29, 1.82) is 5.39 Å². The third-order valence-corrected chi connectivity index (χ3v) is 1.47. The molecule has 6 nitrogen and oxygen atoms in total. The molecule has 0 fully saturated rings. The molecule has 0 aromatic heterocycles. The Kier molecular flexibility index (Phi) is 5.23. The summed E-state index contributed by atoms with van der Waals surface area (Å²) in [7, 11) is 0. The Morgan fingerprint density at radius 3 is 2.69 bits per heavy atom. The second-order valence-corrected chi connectivity index (χ2v) is 2.57. The summed E-state index contributed by atoms with van der Waals surface area (Å²) in [6.45, 7) is 0. The fourth-order valence-corrected chi connectivity index (χ4v) is 0.758. The third kappa shape index (κ3) is 5.64. The summed E-state index contributed by atoms with van der Waals surface area (Å²) in [5.41, 5.74) is 5.20. The van der Waals surface area contributed by atoms with Gasteiger partial charge in [0.25, 0.3) is 0 Å². The molecular weight excluding hydrogens is 174 g/mol. The maximum absolute atomic E-state index is 10.2. The fourth-order valence-electron chi connectivity index (χ4n) is 0.758. The van der Waals surface area contributed by atoms with Gasteiger partial charge in [0.1, 0.15) is 6.04 Å². The van der Waals surface area contributed by atoms with E-state index in [1.165, 1.54) is 0 Å². The van der Waals surface area contributed by atoms with Gasteiger partial charge in [-0.25, -0.2) is 0 Å². The predicted molar refractivity (Wildman–Crippen MR) is 45.3 cm³/mol. The van der Waals surface area contributed by atoms with Crippen LogP contribution in [0.15, 0.2) is 12.0 Å². The number of nitrogens with two attached hydrogens (primary N) is 1. The van der Waals surface area contributed by atoms with Gasteiger partial charge in [0.2, 0.25) is 5.39 Å². The molecule has 0 amide bonds. The fraction of sp³-hybridized carbons (Fsp3) is 0.571. The van der Waals surface area contributed by atoms with Crippen LogP contribution in [0.2, 0.25) is 0 Å². The number of hydrogen-bond acceptors (Lipinski definition) is 4. The van der Waals surface area contributed by atoms with E-state index in [0.717, 1.165) is 6.20 Å². The second kappa shape index (κ2) is 5.97. The maximum atomic E-state index is 10.2. The SMILES string of the molecule is N#[N+]/C=C(/O)CCCC(N)C(=O)O. The molecule has 0 bridgehead atoms. The Balaban J connectivity index is 3.63. The van der Waals surface area contributed by atoms with Gasteiger partial charge < -0.3 is 15.9 Å². The summed E-state index contributed by atoms with van der Waals surface area (Å²) in [5, 5.41) is 25.3. The molecule has 0 rings (SSSR count). The van der Waals surface area contributed by atoms with Crippen molar-refractivity contribution < 1.29 is 15.0 Å². The van der Waals surface area contributed by atoms with Crippen LogP contribution in [-0.4, -0.2) is 22.2 Å². The minimum Gasteiger partial charge on any atom is -0.505 e. The molecule has 0 aromatic rings. The topological polar surface area (TPSA) is 112 Å². The van der Waals surface area contributed by atoms with Gasteiger partial charge >= 0.3 is 12.2 Å². The van der Waals surface area contributed by atoms with Crippen LogP contribution in [0.1, 0.15) is 19.3 Å². The summed E-state index contributed by atoms with van der Waals surface area (Å²) < 4.78 is 0. The van der Waals surface area contributed by atoms with E-state index in [4.69, 9.17) is 21.3 Å². The summed E-state index contributed by atoms with van der Waals surface area (Å²) in [5.74, 6) is -1.16. The van der Waals surface area contributed by atoms with Crippen molar-refractivity contribution in [3.05, 3.63) is 16.9 Å². The van der Waals surface area contributed by atoms with Gasteiger partial charge in [-0.15, -0.1) is 0 Å². The Bertz CT molecular complexity index is 244. The lowest BCUT2D eigenvalue weighted by Crippen LogP contribution is -2.29. The molecule has 0 saturated heterocycles. The van der Waals surface area contributed by atoms with Crippen LogP contribution in [0.5, 0.6) is 0 Å². The van der Waals surface area contributed by atoms with E-state index >= 15 is 0 Å². The van der Waals surface area contributed by atoms with Crippen LogP contribution in [-0.2, 0) is 4.79 Å². The van der Waals surface area contributed by atoms with Gasteiger partial charge in [0.05, 0.1) is 0 Å². The summed E-state index contributed by atoms with van der Waals surface area (Å²) in [6.07, 6.45) is 1.86. The molecule has 1 unspecified atom stereocenters. The van der Waals surface area contributed by atoms with Crippen molar-refractivity contribution in [2.24, 2.45) is 5.73 Å². The highest BCUT2D eigenvalue weighted by Crippen LogP contribution is 2.05. The van der Waals surface area contributed by atoms with Crippen LogP contribution in [0, 0.1) is 5.39 Å². The number of aliphatic hydroxyl groups is 1. The zero-order chi connectivity index (χ0) is 10.3. The molecule has 72 valence electrons. The largest absolute Gasteiger partial charge is 0.505 e. The van der Waals surface area contributed by atoms with E-state index in [0.29, 0.717) is 6.42 Å². The highest BCUT2D eigenvalue weighted by molar-refractivity contribution is 5.72. The first-order chi connectivity index (χ1) is 6.07. The molecule has 6 heteroatoms. The number of carboxylic acid groups (broad SMARTS) is 1. The van der Waals surface area contributed by atoms with E-state index in [1.807, 2.05) is 0 Å². The van der Waals surface area contributed by atoms with Crippen molar-refractivity contribution in [2.75, 3.05) is 0 Å². The third-order valence-electron chi connectivity index (χ3n) is 1.47. The van der Waals surface area contributed by atoms with E-state index in [2.05, 4.69) is 4.98 Å². The quantitative estimate of drug-likeness (QED) is 0.434. The molecule has 0 heterocycles. The van der Waals surface area contributed by atoms with Crippen molar-refractivity contribution in [3.8, 4) is 0 Å². The van der Waals surface area contributed by atoms with E-state index in [9.17, 15) is 4.79 Å². The second-order valence-electron chi connectivity index (χ2n) is 2.57. The van der Waals surface area contributed by atoms with Gasteiger partial charge in [-0.2, -0.15) is 0 Å². The predicted octanol–water partition coefficient (Wildman–Crippen LogP) is 0.821. The molecule has 0 aliphatic carbocycles. The average Bonchev–Trinajstić information content (AvgIpc) is 2.04. The van der Waals surface area contributed by atoms with Gasteiger partial charge in [0.15, 0.2) is 10.7 Å². The van der Waals surface area contributed by atoms with E-state index in [-0.39, 0.29) is 18.6 Å². The number of rotatable bonds is 5. The van der Waals surface area contributed by atoms with Crippen LogP contribution in [0.4, 0.5) is 0 Å². The molecule has 0 aliphatic rings. The number of carboxylic acids is 1. The first-order valence-electron chi connectivity index (χ1n) is 3.78. The number of diazo groups is 1. The monoisotopic (exact) mass is 186 g/mol. The van der Waals surface area contributed by atoms with Crippen LogP contribution >= 0.6 is 0 Å². The molecule has 13 heavy (non-hydrogen) atoms. The molecule has 0 radical (unpaired) electrons. The van der Waals surface area contributed by atoms with Crippen molar-refractivity contribution in [1.82, 2.24) is 0 Å². The van der Waals surface area contributed by atoms with E-state index in [1.54, 1.807) is 0 Å². The Morgan fingerprint density at radius 1 is 1.62 bits per heavy atom. The Morgan fingerprint density at radius 2 is 2.23 bits per heavy atom. The molecule has 1 atom stereocenters. The van der Waals surface area contributed by atoms with Gasteiger partial charge in [-0.1, -0.05) is 0 Å². The number of aliphatic hydroxyl groups excluding tert-OH is 1. The summed E-state index contributed by atoms with van der Waals surface area (Å²) >= 11 is 0. The highest BCUT2D eigenvalue weighted by Gasteiger charge is 2.11. The molecule has 0 aliphatic heterocycles. The Hall–Kier alpha value is -1.61. The lowest BCUT2D eigenvalue weighted by atomic mass is 10.1. The normalized spacial score (nSPS) is 13.4. The van der Waals surface area contributed by atoms with Crippen LogP contribution in [0.25, 0.3) is 4.98 Å². The van der Waals surface area contributed by atoms with Crippen LogP contribution in [0.3, 0.4) is 0 Å². The Labute approximate surface area is 75.3 Å². The lowest BCUT2D eigenvalue weighted by molar-refractivity contribution is -0.138. The zero-order valence-electron chi connectivity index (χ0n) is 7.05. The number of nitrogens with zero attached hydrogens (tertiary/aromatic N) is 2. The van der Waals surface area contributed by atoms with Crippen molar-refractivity contribution >= 4 is 5.97 Å². The minimum atomic E-state index is -1.06. The van der Waals surface area contributed by atoms with Gasteiger partial charge in [0, 0.05) is 6.42 Å². The molecule has 0 spiro atoms. The standard InChI is InChI=1S/C7H11N3O3/c8-6(7(12)13)3-1-2-5(11)4-10-9/h4,6H,1-3,8H2,(H-,11,12,13)/p+1/b5-4+. The molecule has 4 N–H and O–H groups in total. The smallest absolute Gasteiger partial charge is 0.387 e. The summed E-state index contributed by atoms with van der Waals surface area (Å²) in [4.78, 5) is 12.8.